The molecule has 0 atom stereocenters. The fourth-order valence-corrected chi connectivity index (χ4v) is 2.00. The van der Waals surface area contributed by atoms with Gasteiger partial charge in [0.2, 0.25) is 0 Å². The second-order valence-corrected chi connectivity index (χ2v) is 4.96. The normalized spacial score (nSPS) is 11.5. The standard InChI is InChI=1S/C16H16F3NO2/c1-10(2)21-15-8-7-11(9-13(15)20)12-5-3-4-6-14(12)22-16(17,18)19/h3-10H,20H2,1-2H3. The van der Waals surface area contributed by atoms with Gasteiger partial charge < -0.3 is 15.2 Å². The van der Waals surface area contributed by atoms with Gasteiger partial charge >= 0.3 is 6.36 Å². The number of benzene rings is 2. The first kappa shape index (κ1) is 16.0. The minimum absolute atomic E-state index is 0.0472. The number of ether oxygens (including phenoxy) is 2. The summed E-state index contributed by atoms with van der Waals surface area (Å²) in [5, 5.41) is 0. The van der Waals surface area contributed by atoms with E-state index in [9.17, 15) is 13.2 Å². The van der Waals surface area contributed by atoms with Crippen molar-refractivity contribution in [2.75, 3.05) is 5.73 Å². The van der Waals surface area contributed by atoms with Gasteiger partial charge in [0.15, 0.2) is 0 Å². The van der Waals surface area contributed by atoms with Gasteiger partial charge in [-0.1, -0.05) is 24.3 Å². The zero-order valence-electron chi connectivity index (χ0n) is 12.1. The molecule has 0 aliphatic heterocycles. The maximum absolute atomic E-state index is 12.5. The van der Waals surface area contributed by atoms with Crippen molar-refractivity contribution in [2.24, 2.45) is 0 Å². The molecule has 3 nitrogen and oxygen atoms in total. The number of nitrogens with two attached hydrogens (primary N) is 1. The average Bonchev–Trinajstić information content (AvgIpc) is 2.39. The Morgan fingerprint density at radius 3 is 2.27 bits per heavy atom. The van der Waals surface area contributed by atoms with E-state index in [0.717, 1.165) is 0 Å². The van der Waals surface area contributed by atoms with E-state index >= 15 is 0 Å². The van der Waals surface area contributed by atoms with Gasteiger partial charge in [0, 0.05) is 5.56 Å². The molecule has 2 N–H and O–H groups in total. The summed E-state index contributed by atoms with van der Waals surface area (Å²) in [6.07, 6.45) is -4.79. The summed E-state index contributed by atoms with van der Waals surface area (Å²) in [5.41, 5.74) is 7.08. The number of para-hydroxylation sites is 1. The fourth-order valence-electron chi connectivity index (χ4n) is 2.00. The smallest absolute Gasteiger partial charge is 0.489 e. The molecule has 0 aliphatic carbocycles. The first-order valence-electron chi connectivity index (χ1n) is 6.67. The molecule has 2 aromatic carbocycles. The minimum atomic E-state index is -4.75. The molecule has 0 bridgehead atoms. The Bertz CT molecular complexity index is 654. The highest BCUT2D eigenvalue weighted by molar-refractivity contribution is 5.75. The average molecular weight is 311 g/mol. The van der Waals surface area contributed by atoms with Crippen molar-refractivity contribution in [3.8, 4) is 22.6 Å². The first-order chi connectivity index (χ1) is 10.3. The van der Waals surface area contributed by atoms with Crippen LogP contribution < -0.4 is 15.2 Å². The predicted octanol–water partition coefficient (Wildman–Crippen LogP) is 4.62. The van der Waals surface area contributed by atoms with Crippen LogP contribution in [0.25, 0.3) is 11.1 Å². The summed E-state index contributed by atoms with van der Waals surface area (Å²) in [5.74, 6) is 0.222. The molecule has 22 heavy (non-hydrogen) atoms. The first-order valence-corrected chi connectivity index (χ1v) is 6.67. The van der Waals surface area contributed by atoms with Crippen molar-refractivity contribution in [2.45, 2.75) is 26.3 Å². The summed E-state index contributed by atoms with van der Waals surface area (Å²) in [4.78, 5) is 0. The van der Waals surface area contributed by atoms with Crippen molar-refractivity contribution in [3.05, 3.63) is 42.5 Å². The molecule has 6 heteroatoms. The van der Waals surface area contributed by atoms with Gasteiger partial charge in [-0.2, -0.15) is 0 Å². The van der Waals surface area contributed by atoms with Crippen LogP contribution in [0.4, 0.5) is 18.9 Å². The Balaban J connectivity index is 2.38. The molecule has 0 saturated heterocycles. The Morgan fingerprint density at radius 1 is 1.00 bits per heavy atom. The second-order valence-electron chi connectivity index (χ2n) is 4.96. The van der Waals surface area contributed by atoms with Gasteiger partial charge in [0.25, 0.3) is 0 Å². The van der Waals surface area contributed by atoms with E-state index in [1.807, 2.05) is 13.8 Å². The molecular weight excluding hydrogens is 295 g/mol. The van der Waals surface area contributed by atoms with Crippen LogP contribution >= 0.6 is 0 Å². The summed E-state index contributed by atoms with van der Waals surface area (Å²) in [6.45, 7) is 3.72. The van der Waals surface area contributed by atoms with Crippen LogP contribution in [-0.4, -0.2) is 12.5 Å². The third kappa shape index (κ3) is 4.07. The summed E-state index contributed by atoms with van der Waals surface area (Å²) in [7, 11) is 0. The number of hydrogen-bond acceptors (Lipinski definition) is 3. The number of halogens is 3. The maximum Gasteiger partial charge on any atom is 0.573 e. The van der Waals surface area contributed by atoms with Gasteiger partial charge in [-0.25, -0.2) is 0 Å². The summed E-state index contributed by atoms with van der Waals surface area (Å²) >= 11 is 0. The number of nitrogen functional groups attached to an aromatic ring is 1. The lowest BCUT2D eigenvalue weighted by Crippen LogP contribution is -2.17. The van der Waals surface area contributed by atoms with Gasteiger partial charge in [-0.15, -0.1) is 13.2 Å². The van der Waals surface area contributed by atoms with Crippen molar-refractivity contribution in [3.63, 3.8) is 0 Å². The number of hydrogen-bond donors (Lipinski definition) is 1. The highest BCUT2D eigenvalue weighted by Crippen LogP contribution is 2.36. The molecule has 0 aliphatic rings. The molecular formula is C16H16F3NO2. The third-order valence-electron chi connectivity index (χ3n) is 2.80. The van der Waals surface area contributed by atoms with Crippen LogP contribution in [0.1, 0.15) is 13.8 Å². The van der Waals surface area contributed by atoms with Crippen molar-refractivity contribution in [1.29, 1.82) is 0 Å². The van der Waals surface area contributed by atoms with Gasteiger partial charge in [-0.05, 0) is 37.6 Å². The molecule has 0 amide bonds. The molecule has 0 fully saturated rings. The highest BCUT2D eigenvalue weighted by atomic mass is 19.4. The van der Waals surface area contributed by atoms with Crippen LogP contribution in [0.5, 0.6) is 11.5 Å². The van der Waals surface area contributed by atoms with Crippen LogP contribution in [0.15, 0.2) is 42.5 Å². The number of alkyl halides is 3. The lowest BCUT2D eigenvalue weighted by molar-refractivity contribution is -0.274. The summed E-state index contributed by atoms with van der Waals surface area (Å²) < 4.78 is 46.9. The molecule has 118 valence electrons. The highest BCUT2D eigenvalue weighted by Gasteiger charge is 2.32. The Hall–Kier alpha value is -2.37. The van der Waals surface area contributed by atoms with Crippen LogP contribution in [0, 0.1) is 0 Å². The van der Waals surface area contributed by atoms with E-state index in [4.69, 9.17) is 10.5 Å². The third-order valence-corrected chi connectivity index (χ3v) is 2.80. The van der Waals surface area contributed by atoms with E-state index in [1.54, 1.807) is 30.3 Å². The van der Waals surface area contributed by atoms with E-state index in [-0.39, 0.29) is 11.9 Å². The van der Waals surface area contributed by atoms with E-state index in [2.05, 4.69) is 4.74 Å². The summed E-state index contributed by atoms with van der Waals surface area (Å²) in [6, 6.07) is 10.8. The second kappa shape index (κ2) is 6.17. The fraction of sp³-hybridized carbons (Fsp3) is 0.250. The maximum atomic E-state index is 12.5. The SMILES string of the molecule is CC(C)Oc1ccc(-c2ccccc2OC(F)(F)F)cc1N. The van der Waals surface area contributed by atoms with Gasteiger partial charge in [0.05, 0.1) is 11.8 Å². The lowest BCUT2D eigenvalue weighted by atomic mass is 10.0. The molecule has 0 heterocycles. The molecule has 2 rings (SSSR count). The molecule has 0 spiro atoms. The Kier molecular flexibility index (Phi) is 4.49. The van der Waals surface area contributed by atoms with Crippen LogP contribution in [0.2, 0.25) is 0 Å². The predicted molar refractivity (Wildman–Crippen MR) is 78.7 cm³/mol. The molecule has 0 radical (unpaired) electrons. The van der Waals surface area contributed by atoms with Crippen LogP contribution in [-0.2, 0) is 0 Å². The lowest BCUT2D eigenvalue weighted by Gasteiger charge is -2.15. The topological polar surface area (TPSA) is 44.5 Å². The van der Waals surface area contributed by atoms with E-state index < -0.39 is 6.36 Å². The van der Waals surface area contributed by atoms with Crippen molar-refractivity contribution in [1.82, 2.24) is 0 Å². The van der Waals surface area contributed by atoms with E-state index in [0.29, 0.717) is 22.6 Å². The molecule has 2 aromatic rings. The van der Waals surface area contributed by atoms with Crippen LogP contribution in [0.3, 0.4) is 0 Å². The van der Waals surface area contributed by atoms with E-state index in [1.165, 1.54) is 12.1 Å². The van der Waals surface area contributed by atoms with Crippen molar-refractivity contribution < 1.29 is 22.6 Å². The molecule has 0 saturated carbocycles. The monoisotopic (exact) mass is 311 g/mol. The Morgan fingerprint density at radius 2 is 1.68 bits per heavy atom. The zero-order valence-corrected chi connectivity index (χ0v) is 12.1. The van der Waals surface area contributed by atoms with Gasteiger partial charge in [0.1, 0.15) is 11.5 Å². The van der Waals surface area contributed by atoms with Gasteiger partial charge in [-0.3, -0.25) is 0 Å². The molecule has 0 unspecified atom stereocenters. The minimum Gasteiger partial charge on any atom is -0.489 e. The quantitative estimate of drug-likeness (QED) is 0.838. The zero-order chi connectivity index (χ0) is 16.3. The van der Waals surface area contributed by atoms with Crippen molar-refractivity contribution >= 4 is 5.69 Å². The number of rotatable bonds is 4. The molecule has 0 aromatic heterocycles. The Labute approximate surface area is 126 Å². The number of anilines is 1. The largest absolute Gasteiger partial charge is 0.573 e.